The molecular weight excluding hydrogens is 380 g/mol. The van der Waals surface area contributed by atoms with Gasteiger partial charge in [0.25, 0.3) is 0 Å². The van der Waals surface area contributed by atoms with Crippen LogP contribution < -0.4 is 14.8 Å². The van der Waals surface area contributed by atoms with E-state index in [1.165, 1.54) is 6.33 Å². The first-order chi connectivity index (χ1) is 14.7. The average molecular weight is 402 g/mol. The van der Waals surface area contributed by atoms with Crippen molar-refractivity contribution in [3.05, 3.63) is 77.3 Å². The van der Waals surface area contributed by atoms with Crippen LogP contribution in [0.15, 0.2) is 66.1 Å². The quantitative estimate of drug-likeness (QED) is 0.698. The van der Waals surface area contributed by atoms with Crippen LogP contribution in [0.1, 0.15) is 36.4 Å². The predicted octanol–water partition coefficient (Wildman–Crippen LogP) is 3.89. The molecule has 1 atom stereocenters. The number of fused-ring (bicyclic) bond motifs is 1. The number of hydrogen-bond donors (Lipinski definition) is 1. The van der Waals surface area contributed by atoms with Gasteiger partial charge in [-0.15, -0.1) is 0 Å². The minimum atomic E-state index is -0.337. The van der Waals surface area contributed by atoms with Gasteiger partial charge in [-0.25, -0.2) is 4.68 Å². The fourth-order valence-corrected chi connectivity index (χ4v) is 4.12. The first-order valence-electron chi connectivity index (χ1n) is 10.0. The number of nitrogens with one attached hydrogen (secondary N) is 1. The molecule has 7 heteroatoms. The average Bonchev–Trinajstić information content (AvgIpc) is 3.25. The number of methoxy groups -OCH3 is 1. The second-order valence-corrected chi connectivity index (χ2v) is 7.41. The van der Waals surface area contributed by atoms with E-state index in [9.17, 15) is 4.79 Å². The number of nitrogens with zero attached hydrogens (tertiary/aromatic N) is 3. The Labute approximate surface area is 174 Å². The molecule has 5 rings (SSSR count). The fraction of sp³-hybridized carbons (Fsp3) is 0.261. The summed E-state index contributed by atoms with van der Waals surface area (Å²) in [5.74, 6) is 2.07. The highest BCUT2D eigenvalue weighted by molar-refractivity contribution is 5.99. The zero-order valence-corrected chi connectivity index (χ0v) is 16.7. The lowest BCUT2D eigenvalue weighted by Gasteiger charge is -2.32. The number of aromatic nitrogens is 3. The molecule has 0 fully saturated rings. The summed E-state index contributed by atoms with van der Waals surface area (Å²) < 4.78 is 13.4. The number of rotatable bonds is 5. The Bertz CT molecular complexity index is 1120. The molecule has 3 aromatic rings. The molecule has 0 saturated carbocycles. The van der Waals surface area contributed by atoms with E-state index in [0.29, 0.717) is 30.5 Å². The SMILES string of the molecule is COc1ccc([C@H]2C3=C(CCCC3=O)Nc3ncnn32)cc1OCc1ccccc1. The third-order valence-electron chi connectivity index (χ3n) is 5.55. The number of ether oxygens (including phenoxy) is 2. The van der Waals surface area contributed by atoms with Crippen LogP contribution in [-0.2, 0) is 11.4 Å². The van der Waals surface area contributed by atoms with E-state index in [0.717, 1.165) is 35.2 Å². The Balaban J connectivity index is 1.54. The third kappa shape index (κ3) is 3.22. The van der Waals surface area contributed by atoms with E-state index in [1.807, 2.05) is 48.5 Å². The van der Waals surface area contributed by atoms with Crippen molar-refractivity contribution in [1.82, 2.24) is 14.8 Å². The number of allylic oxidation sites excluding steroid dienone is 2. The lowest BCUT2D eigenvalue weighted by atomic mass is 9.85. The molecule has 7 nitrogen and oxygen atoms in total. The van der Waals surface area contributed by atoms with Gasteiger partial charge in [-0.3, -0.25) is 4.79 Å². The summed E-state index contributed by atoms with van der Waals surface area (Å²) in [4.78, 5) is 17.2. The van der Waals surface area contributed by atoms with Crippen LogP contribution in [0.5, 0.6) is 11.5 Å². The molecule has 0 amide bonds. The van der Waals surface area contributed by atoms with Crippen molar-refractivity contribution in [3.8, 4) is 11.5 Å². The zero-order valence-electron chi connectivity index (χ0n) is 16.7. The van der Waals surface area contributed by atoms with Gasteiger partial charge in [0, 0.05) is 17.7 Å². The predicted molar refractivity (Wildman–Crippen MR) is 111 cm³/mol. The zero-order chi connectivity index (χ0) is 20.5. The van der Waals surface area contributed by atoms with Gasteiger partial charge in [-0.1, -0.05) is 36.4 Å². The smallest absolute Gasteiger partial charge is 0.226 e. The van der Waals surface area contributed by atoms with E-state index in [4.69, 9.17) is 9.47 Å². The monoisotopic (exact) mass is 402 g/mol. The van der Waals surface area contributed by atoms with Crippen LogP contribution in [0, 0.1) is 0 Å². The van der Waals surface area contributed by atoms with E-state index in [1.54, 1.807) is 11.8 Å². The molecule has 2 aromatic carbocycles. The van der Waals surface area contributed by atoms with Crippen LogP contribution in [0.3, 0.4) is 0 Å². The molecule has 152 valence electrons. The number of Topliss-reactive ketones (excluding diaryl/α,β-unsaturated/α-hetero) is 1. The summed E-state index contributed by atoms with van der Waals surface area (Å²) in [6.07, 6.45) is 3.74. The van der Waals surface area contributed by atoms with Crippen molar-refractivity contribution in [3.63, 3.8) is 0 Å². The third-order valence-corrected chi connectivity index (χ3v) is 5.55. The Hall–Kier alpha value is -3.61. The molecule has 1 aromatic heterocycles. The summed E-state index contributed by atoms with van der Waals surface area (Å²) in [6.45, 7) is 0.425. The molecule has 1 aliphatic carbocycles. The number of benzene rings is 2. The standard InChI is InChI=1S/C23H22N4O3/c1-29-19-11-10-16(12-20(19)30-13-15-6-3-2-4-7-15)22-21-17(8-5-9-18(21)28)26-23-24-14-25-27(22)23/h2-4,6-7,10-12,14,22H,5,8-9,13H2,1H3,(H,24,25,26)/t22-/m0/s1. The maximum absolute atomic E-state index is 12.8. The Kier molecular flexibility index (Phi) is 4.71. The molecule has 2 heterocycles. The molecule has 0 bridgehead atoms. The highest BCUT2D eigenvalue weighted by Gasteiger charge is 2.36. The van der Waals surface area contributed by atoms with Crippen LogP contribution in [0.25, 0.3) is 0 Å². The topological polar surface area (TPSA) is 78.3 Å². The van der Waals surface area contributed by atoms with Gasteiger partial charge in [0.1, 0.15) is 19.0 Å². The van der Waals surface area contributed by atoms with Crippen molar-refractivity contribution >= 4 is 11.7 Å². The Morgan fingerprint density at radius 3 is 2.83 bits per heavy atom. The van der Waals surface area contributed by atoms with E-state index >= 15 is 0 Å². The first-order valence-corrected chi connectivity index (χ1v) is 10.0. The van der Waals surface area contributed by atoms with Gasteiger partial charge >= 0.3 is 0 Å². The number of carbonyl (C=O) groups is 1. The summed E-state index contributed by atoms with van der Waals surface area (Å²) in [5.41, 5.74) is 3.69. The summed E-state index contributed by atoms with van der Waals surface area (Å²) >= 11 is 0. The van der Waals surface area contributed by atoms with Crippen LogP contribution in [0.2, 0.25) is 0 Å². The van der Waals surface area contributed by atoms with Crippen molar-refractivity contribution in [2.45, 2.75) is 31.9 Å². The summed E-state index contributed by atoms with van der Waals surface area (Å²) in [7, 11) is 1.62. The van der Waals surface area contributed by atoms with Gasteiger partial charge < -0.3 is 14.8 Å². The normalized spacial score (nSPS) is 17.8. The minimum absolute atomic E-state index is 0.150. The molecule has 0 unspecified atom stereocenters. The van der Waals surface area contributed by atoms with E-state index < -0.39 is 0 Å². The van der Waals surface area contributed by atoms with Crippen LogP contribution in [0.4, 0.5) is 5.95 Å². The van der Waals surface area contributed by atoms with Gasteiger partial charge in [0.05, 0.1) is 7.11 Å². The van der Waals surface area contributed by atoms with Crippen molar-refractivity contribution < 1.29 is 14.3 Å². The summed E-state index contributed by atoms with van der Waals surface area (Å²) in [6, 6.07) is 15.4. The number of ketones is 1. The van der Waals surface area contributed by atoms with Gasteiger partial charge in [0.15, 0.2) is 17.3 Å². The maximum atomic E-state index is 12.8. The van der Waals surface area contributed by atoms with Crippen molar-refractivity contribution in [2.75, 3.05) is 12.4 Å². The molecule has 1 aliphatic heterocycles. The number of carbonyl (C=O) groups excluding carboxylic acids is 1. The molecule has 1 N–H and O–H groups in total. The van der Waals surface area contributed by atoms with Gasteiger partial charge in [-0.2, -0.15) is 10.1 Å². The highest BCUT2D eigenvalue weighted by atomic mass is 16.5. The van der Waals surface area contributed by atoms with E-state index in [-0.39, 0.29) is 11.8 Å². The van der Waals surface area contributed by atoms with Crippen molar-refractivity contribution in [1.29, 1.82) is 0 Å². The molecule has 30 heavy (non-hydrogen) atoms. The van der Waals surface area contributed by atoms with E-state index in [2.05, 4.69) is 15.4 Å². The molecule has 0 spiro atoms. The lowest BCUT2D eigenvalue weighted by molar-refractivity contribution is -0.116. The van der Waals surface area contributed by atoms with Crippen LogP contribution in [-0.4, -0.2) is 27.7 Å². The van der Waals surface area contributed by atoms with Crippen LogP contribution >= 0.6 is 0 Å². The minimum Gasteiger partial charge on any atom is -0.493 e. The Morgan fingerprint density at radius 1 is 1.13 bits per heavy atom. The lowest BCUT2D eigenvalue weighted by Crippen LogP contribution is -2.31. The molecular formula is C23H22N4O3. The number of anilines is 1. The largest absolute Gasteiger partial charge is 0.493 e. The second-order valence-electron chi connectivity index (χ2n) is 7.41. The highest BCUT2D eigenvalue weighted by Crippen LogP contribution is 2.41. The Morgan fingerprint density at radius 2 is 2.00 bits per heavy atom. The maximum Gasteiger partial charge on any atom is 0.226 e. The second kappa shape index (κ2) is 7.67. The first kappa shape index (κ1) is 18.4. The van der Waals surface area contributed by atoms with Gasteiger partial charge in [-0.05, 0) is 36.1 Å². The molecule has 2 aliphatic rings. The molecule has 0 saturated heterocycles. The fourth-order valence-electron chi connectivity index (χ4n) is 4.12. The number of hydrogen-bond acceptors (Lipinski definition) is 6. The summed E-state index contributed by atoms with van der Waals surface area (Å²) in [5, 5.41) is 7.68. The van der Waals surface area contributed by atoms with Crippen molar-refractivity contribution in [2.24, 2.45) is 0 Å². The molecule has 0 radical (unpaired) electrons. The van der Waals surface area contributed by atoms with Gasteiger partial charge in [0.2, 0.25) is 5.95 Å².